The van der Waals surface area contributed by atoms with E-state index >= 15 is 0 Å². The first kappa shape index (κ1) is 14.6. The fourth-order valence-corrected chi connectivity index (χ4v) is 3.34. The lowest BCUT2D eigenvalue weighted by Gasteiger charge is -2.19. The van der Waals surface area contributed by atoms with E-state index in [1.807, 2.05) is 60.7 Å². The lowest BCUT2D eigenvalue weighted by molar-refractivity contribution is -0.134. The Morgan fingerprint density at radius 2 is 1.50 bits per heavy atom. The fraction of sp³-hybridized carbons (Fsp3) is 0.143. The molecule has 0 radical (unpaired) electrons. The molecule has 1 fully saturated rings. The van der Waals surface area contributed by atoms with Crippen molar-refractivity contribution in [1.82, 2.24) is 0 Å². The molecule has 0 unspecified atom stereocenters. The molecule has 0 spiro atoms. The SMILES string of the molecule is O=C1OCC(=C2/CCC(=O)c3ccccc32)/C1=C\c1ccccc1. The number of fused-ring (bicyclic) bond motifs is 1. The van der Waals surface area contributed by atoms with E-state index in [1.165, 1.54) is 0 Å². The van der Waals surface area contributed by atoms with Crippen LogP contribution in [-0.2, 0) is 9.53 Å². The maximum Gasteiger partial charge on any atom is 0.338 e. The topological polar surface area (TPSA) is 43.4 Å². The molecule has 0 bridgehead atoms. The predicted molar refractivity (Wildman–Crippen MR) is 92.3 cm³/mol. The Labute approximate surface area is 140 Å². The van der Waals surface area contributed by atoms with Crippen molar-refractivity contribution in [2.24, 2.45) is 0 Å². The zero-order valence-corrected chi connectivity index (χ0v) is 13.1. The molecule has 0 saturated carbocycles. The van der Waals surface area contributed by atoms with E-state index in [1.54, 1.807) is 0 Å². The number of hydrogen-bond acceptors (Lipinski definition) is 3. The van der Waals surface area contributed by atoms with E-state index < -0.39 is 0 Å². The van der Waals surface area contributed by atoms with Crippen LogP contribution < -0.4 is 0 Å². The third-order valence-corrected chi connectivity index (χ3v) is 4.52. The number of carbonyl (C=O) groups is 2. The van der Waals surface area contributed by atoms with Crippen molar-refractivity contribution < 1.29 is 14.3 Å². The molecule has 1 aliphatic heterocycles. The highest BCUT2D eigenvalue weighted by Crippen LogP contribution is 2.38. The lowest BCUT2D eigenvalue weighted by Crippen LogP contribution is -2.11. The van der Waals surface area contributed by atoms with E-state index in [2.05, 4.69) is 0 Å². The summed E-state index contributed by atoms with van der Waals surface area (Å²) in [6.45, 7) is 0.273. The normalized spacial score (nSPS) is 21.8. The van der Waals surface area contributed by atoms with Crippen molar-refractivity contribution in [2.75, 3.05) is 6.61 Å². The van der Waals surface area contributed by atoms with Gasteiger partial charge in [0, 0.05) is 17.6 Å². The molecule has 1 saturated heterocycles. The molecule has 24 heavy (non-hydrogen) atoms. The zero-order chi connectivity index (χ0) is 16.5. The lowest BCUT2D eigenvalue weighted by atomic mass is 9.82. The number of esters is 1. The number of hydrogen-bond donors (Lipinski definition) is 0. The number of allylic oxidation sites excluding steroid dienone is 1. The van der Waals surface area contributed by atoms with Crippen LogP contribution in [0, 0.1) is 0 Å². The molecule has 2 aromatic rings. The summed E-state index contributed by atoms with van der Waals surface area (Å²) in [4.78, 5) is 24.4. The van der Waals surface area contributed by atoms with E-state index in [0.29, 0.717) is 18.4 Å². The van der Waals surface area contributed by atoms with Crippen LogP contribution in [0.25, 0.3) is 11.6 Å². The van der Waals surface area contributed by atoms with Crippen molar-refractivity contribution in [3.8, 4) is 0 Å². The standard InChI is InChI=1S/C21H16O3/c22-20-11-10-16(15-8-4-5-9-17(15)20)19-13-24-21(23)18(19)12-14-6-2-1-3-7-14/h1-9,12H,10-11,13H2/b18-12+,19-16+. The van der Waals surface area contributed by atoms with Crippen molar-refractivity contribution in [3.63, 3.8) is 0 Å². The van der Waals surface area contributed by atoms with Gasteiger partial charge in [-0.2, -0.15) is 0 Å². The minimum atomic E-state index is -0.296. The van der Waals surface area contributed by atoms with Gasteiger partial charge in [-0.05, 0) is 29.2 Å². The monoisotopic (exact) mass is 316 g/mol. The first-order chi connectivity index (χ1) is 11.7. The molecule has 4 rings (SSSR count). The molecule has 2 aromatic carbocycles. The molecule has 1 aliphatic carbocycles. The number of benzene rings is 2. The third-order valence-electron chi connectivity index (χ3n) is 4.52. The first-order valence-electron chi connectivity index (χ1n) is 8.03. The van der Waals surface area contributed by atoms with Crippen molar-refractivity contribution in [2.45, 2.75) is 12.8 Å². The second kappa shape index (κ2) is 5.93. The largest absolute Gasteiger partial charge is 0.457 e. The summed E-state index contributed by atoms with van der Waals surface area (Å²) in [5.41, 5.74) is 5.19. The highest BCUT2D eigenvalue weighted by atomic mass is 16.5. The van der Waals surface area contributed by atoms with Gasteiger partial charge in [0.25, 0.3) is 0 Å². The van der Waals surface area contributed by atoms with E-state index in [9.17, 15) is 9.59 Å². The summed E-state index contributed by atoms with van der Waals surface area (Å²) in [7, 11) is 0. The minimum Gasteiger partial charge on any atom is -0.457 e. The summed E-state index contributed by atoms with van der Waals surface area (Å²) in [5.74, 6) is -0.135. The van der Waals surface area contributed by atoms with Crippen LogP contribution in [0.1, 0.15) is 34.3 Å². The van der Waals surface area contributed by atoms with Gasteiger partial charge >= 0.3 is 5.97 Å². The summed E-state index contributed by atoms with van der Waals surface area (Å²) in [6, 6.07) is 17.3. The summed E-state index contributed by atoms with van der Waals surface area (Å²) >= 11 is 0. The molecule has 0 aromatic heterocycles. The van der Waals surface area contributed by atoms with Gasteiger partial charge < -0.3 is 4.74 Å². The second-order valence-electron chi connectivity index (χ2n) is 5.97. The molecule has 0 atom stereocenters. The van der Waals surface area contributed by atoms with Crippen LogP contribution in [-0.4, -0.2) is 18.4 Å². The van der Waals surface area contributed by atoms with Gasteiger partial charge in [0.2, 0.25) is 0 Å². The molecule has 0 N–H and O–H groups in total. The van der Waals surface area contributed by atoms with Crippen LogP contribution in [0.2, 0.25) is 0 Å². The van der Waals surface area contributed by atoms with E-state index in [0.717, 1.165) is 27.8 Å². The van der Waals surface area contributed by atoms with Gasteiger partial charge in [-0.15, -0.1) is 0 Å². The summed E-state index contributed by atoms with van der Waals surface area (Å²) in [5, 5.41) is 0. The Bertz CT molecular complexity index is 888. The fourth-order valence-electron chi connectivity index (χ4n) is 3.34. The van der Waals surface area contributed by atoms with Gasteiger partial charge in [-0.25, -0.2) is 4.79 Å². The van der Waals surface area contributed by atoms with Gasteiger partial charge in [-0.3, -0.25) is 4.79 Å². The average Bonchev–Trinajstić information content (AvgIpc) is 2.97. The number of Topliss-reactive ketones (excluding diaryl/α,β-unsaturated/α-hetero) is 1. The van der Waals surface area contributed by atoms with Crippen LogP contribution in [0.3, 0.4) is 0 Å². The summed E-state index contributed by atoms with van der Waals surface area (Å²) < 4.78 is 5.30. The van der Waals surface area contributed by atoms with Gasteiger partial charge in [0.1, 0.15) is 6.61 Å². The van der Waals surface area contributed by atoms with E-state index in [4.69, 9.17) is 4.74 Å². The van der Waals surface area contributed by atoms with Crippen LogP contribution in [0.5, 0.6) is 0 Å². The number of ether oxygens (including phenoxy) is 1. The molecular weight excluding hydrogens is 300 g/mol. The highest BCUT2D eigenvalue weighted by molar-refractivity contribution is 6.08. The van der Waals surface area contributed by atoms with Crippen LogP contribution >= 0.6 is 0 Å². The number of ketones is 1. The molecular formula is C21H16O3. The van der Waals surface area contributed by atoms with Gasteiger partial charge in [0.05, 0.1) is 5.57 Å². The second-order valence-corrected chi connectivity index (χ2v) is 5.97. The van der Waals surface area contributed by atoms with Crippen LogP contribution in [0.4, 0.5) is 0 Å². The minimum absolute atomic E-state index is 0.161. The Hall–Kier alpha value is -2.94. The van der Waals surface area contributed by atoms with Crippen molar-refractivity contribution >= 4 is 23.4 Å². The predicted octanol–water partition coefficient (Wildman–Crippen LogP) is 4.06. The quantitative estimate of drug-likeness (QED) is 0.589. The first-order valence-corrected chi connectivity index (χ1v) is 8.03. The van der Waals surface area contributed by atoms with E-state index in [-0.39, 0.29) is 18.4 Å². The third kappa shape index (κ3) is 2.48. The van der Waals surface area contributed by atoms with Crippen molar-refractivity contribution in [3.05, 3.63) is 82.4 Å². The molecule has 3 nitrogen and oxygen atoms in total. The zero-order valence-electron chi connectivity index (χ0n) is 13.1. The Morgan fingerprint density at radius 3 is 2.29 bits per heavy atom. The number of carbonyl (C=O) groups excluding carboxylic acids is 2. The maximum absolute atomic E-state index is 12.2. The van der Waals surface area contributed by atoms with Gasteiger partial charge in [0.15, 0.2) is 5.78 Å². The molecule has 118 valence electrons. The molecule has 2 aliphatic rings. The maximum atomic E-state index is 12.2. The molecule has 0 amide bonds. The molecule has 3 heteroatoms. The Balaban J connectivity index is 1.87. The average molecular weight is 316 g/mol. The van der Waals surface area contributed by atoms with Gasteiger partial charge in [-0.1, -0.05) is 54.6 Å². The smallest absolute Gasteiger partial charge is 0.338 e. The highest BCUT2D eigenvalue weighted by Gasteiger charge is 2.31. The number of rotatable bonds is 1. The Morgan fingerprint density at radius 1 is 0.792 bits per heavy atom. The Kier molecular flexibility index (Phi) is 3.62. The summed E-state index contributed by atoms with van der Waals surface area (Å²) in [6.07, 6.45) is 2.99. The van der Waals surface area contributed by atoms with Crippen molar-refractivity contribution in [1.29, 1.82) is 0 Å². The number of cyclic esters (lactones) is 1. The van der Waals surface area contributed by atoms with Crippen LogP contribution in [0.15, 0.2) is 65.7 Å². The molecule has 1 heterocycles.